The number of sulfonamides is 1. The molecule has 4 aromatic rings. The van der Waals surface area contributed by atoms with E-state index < -0.39 is 27.5 Å². The molecule has 1 N–H and O–H groups in total. The normalized spacial score (nSPS) is 16.1. The van der Waals surface area contributed by atoms with Crippen LogP contribution < -0.4 is 18.9 Å². The average molecular weight is 569 g/mol. The van der Waals surface area contributed by atoms with Crippen LogP contribution in [0.3, 0.4) is 0 Å². The first-order valence-corrected chi connectivity index (χ1v) is 13.8. The van der Waals surface area contributed by atoms with E-state index in [9.17, 15) is 8.42 Å². The first kappa shape index (κ1) is 27.2. The lowest BCUT2D eigenvalue weighted by molar-refractivity contribution is 0.0949. The third kappa shape index (κ3) is 5.00. The molecule has 5 rings (SSSR count). The van der Waals surface area contributed by atoms with Crippen molar-refractivity contribution >= 4 is 16.0 Å². The largest absolute Gasteiger partial charge is 0.482 e. The molecule has 0 saturated heterocycles. The molecule has 210 valence electrons. The lowest BCUT2D eigenvalue weighted by Gasteiger charge is -2.23. The average Bonchev–Trinajstić information content (AvgIpc) is 3.57. The number of nitrogens with zero attached hydrogens (tertiary/aromatic N) is 7. The number of nitrogens with one attached hydrogen (secondary N) is 1. The van der Waals surface area contributed by atoms with Crippen LogP contribution in [0.2, 0.25) is 0 Å². The molecule has 1 aliphatic rings. The maximum atomic E-state index is 13.7. The van der Waals surface area contributed by atoms with E-state index in [1.807, 2.05) is 31.2 Å². The van der Waals surface area contributed by atoms with Crippen molar-refractivity contribution in [1.82, 2.24) is 34.7 Å². The molecule has 0 fully saturated rings. The standard InChI is InChI=1S/C25H28N8O6S/c1-14-11-26-21(27-12-14)20(36-3)15(2)40(34,35)32-25-31-30-22(18-10-16-8-6-7-9-17(16)39-18)33(25)19-23(37-4)28-13-29-24(19)38-5/h6-9,11-13,15,18,20H,10H2,1-5H3,(H,31,32)/t15-,18+,20-/m0/s1. The predicted molar refractivity (Wildman–Crippen MR) is 142 cm³/mol. The van der Waals surface area contributed by atoms with Gasteiger partial charge in [0.15, 0.2) is 23.4 Å². The Balaban J connectivity index is 1.58. The Labute approximate surface area is 230 Å². The fourth-order valence-electron chi connectivity index (χ4n) is 4.39. The summed E-state index contributed by atoms with van der Waals surface area (Å²) in [4.78, 5) is 16.9. The first-order valence-electron chi connectivity index (χ1n) is 12.2. The molecule has 0 spiro atoms. The van der Waals surface area contributed by atoms with Gasteiger partial charge in [-0.25, -0.2) is 18.4 Å². The van der Waals surface area contributed by atoms with E-state index in [-0.39, 0.29) is 35.0 Å². The van der Waals surface area contributed by atoms with Gasteiger partial charge in [0.2, 0.25) is 27.7 Å². The summed E-state index contributed by atoms with van der Waals surface area (Å²) in [5.41, 5.74) is 2.00. The van der Waals surface area contributed by atoms with Crippen LogP contribution in [0.25, 0.3) is 5.69 Å². The third-order valence-electron chi connectivity index (χ3n) is 6.45. The lowest BCUT2D eigenvalue weighted by atomic mass is 10.1. The molecule has 14 nitrogen and oxygen atoms in total. The van der Waals surface area contributed by atoms with Crippen LogP contribution in [-0.4, -0.2) is 69.7 Å². The molecule has 1 aliphatic heterocycles. The van der Waals surface area contributed by atoms with Gasteiger partial charge in [-0.1, -0.05) is 18.2 Å². The van der Waals surface area contributed by atoms with E-state index in [2.05, 4.69) is 34.9 Å². The Bertz CT molecular complexity index is 1560. The van der Waals surface area contributed by atoms with Gasteiger partial charge in [-0.3, -0.25) is 9.29 Å². The van der Waals surface area contributed by atoms with Crippen LogP contribution in [0.4, 0.5) is 5.95 Å². The molecular weight excluding hydrogens is 540 g/mol. The van der Waals surface area contributed by atoms with Crippen molar-refractivity contribution in [3.8, 4) is 23.2 Å². The number of ether oxygens (including phenoxy) is 4. The number of anilines is 1. The summed E-state index contributed by atoms with van der Waals surface area (Å²) < 4.78 is 54.0. The summed E-state index contributed by atoms with van der Waals surface area (Å²) in [6, 6.07) is 7.59. The molecule has 0 aliphatic carbocycles. The number of hydrogen-bond acceptors (Lipinski definition) is 12. The minimum Gasteiger partial charge on any atom is -0.482 e. The number of rotatable bonds is 10. The number of para-hydroxylation sites is 1. The second-order valence-electron chi connectivity index (χ2n) is 9.00. The molecule has 3 atom stereocenters. The van der Waals surface area contributed by atoms with Crippen molar-refractivity contribution in [2.24, 2.45) is 0 Å². The lowest BCUT2D eigenvalue weighted by Crippen LogP contribution is -2.33. The zero-order chi connectivity index (χ0) is 28.4. The van der Waals surface area contributed by atoms with Crippen molar-refractivity contribution in [3.63, 3.8) is 0 Å². The molecule has 0 radical (unpaired) electrons. The van der Waals surface area contributed by atoms with E-state index in [1.165, 1.54) is 39.1 Å². The van der Waals surface area contributed by atoms with Gasteiger partial charge in [0.1, 0.15) is 23.4 Å². The quantitative estimate of drug-likeness (QED) is 0.297. The Morgan fingerprint density at radius 3 is 2.33 bits per heavy atom. The topological polar surface area (TPSA) is 165 Å². The van der Waals surface area contributed by atoms with Crippen LogP contribution in [0.1, 0.15) is 41.9 Å². The van der Waals surface area contributed by atoms with Crippen LogP contribution in [0.5, 0.6) is 17.5 Å². The van der Waals surface area contributed by atoms with E-state index in [0.29, 0.717) is 12.2 Å². The summed E-state index contributed by atoms with van der Waals surface area (Å²) in [7, 11) is 0.0865. The van der Waals surface area contributed by atoms with Crippen LogP contribution in [0, 0.1) is 6.92 Å². The van der Waals surface area contributed by atoms with Crippen molar-refractivity contribution in [3.05, 3.63) is 65.8 Å². The fraction of sp³-hybridized carbons (Fsp3) is 0.360. The Kier molecular flexibility index (Phi) is 7.49. The van der Waals surface area contributed by atoms with Gasteiger partial charge in [0, 0.05) is 25.9 Å². The van der Waals surface area contributed by atoms with Gasteiger partial charge in [-0.15, -0.1) is 10.2 Å². The smallest absolute Gasteiger partial charge is 0.245 e. The van der Waals surface area contributed by atoms with Crippen LogP contribution in [-0.2, 0) is 21.2 Å². The van der Waals surface area contributed by atoms with Gasteiger partial charge in [0.25, 0.3) is 0 Å². The molecule has 1 aromatic carbocycles. The highest BCUT2D eigenvalue weighted by atomic mass is 32.2. The molecule has 0 amide bonds. The SMILES string of the molecule is COc1ncnc(OC)c1-n1c(NS(=O)(=O)[C@@H](C)[C@H](OC)c2ncc(C)cn2)nnc1[C@H]1Cc2ccccc2O1. The number of aromatic nitrogens is 7. The molecule has 15 heteroatoms. The molecule has 40 heavy (non-hydrogen) atoms. The summed E-state index contributed by atoms with van der Waals surface area (Å²) in [6.07, 6.45) is 3.37. The van der Waals surface area contributed by atoms with E-state index >= 15 is 0 Å². The van der Waals surface area contributed by atoms with Crippen LogP contribution in [0.15, 0.2) is 43.0 Å². The Morgan fingerprint density at radius 1 is 1.02 bits per heavy atom. The van der Waals surface area contributed by atoms with Gasteiger partial charge < -0.3 is 18.9 Å². The van der Waals surface area contributed by atoms with Crippen molar-refractivity contribution in [1.29, 1.82) is 0 Å². The highest BCUT2D eigenvalue weighted by molar-refractivity contribution is 7.93. The second-order valence-corrected chi connectivity index (χ2v) is 11.0. The summed E-state index contributed by atoms with van der Waals surface area (Å²) in [5, 5.41) is 7.39. The molecule has 3 aromatic heterocycles. The van der Waals surface area contributed by atoms with Gasteiger partial charge in [0.05, 0.1) is 14.2 Å². The zero-order valence-corrected chi connectivity index (χ0v) is 23.3. The predicted octanol–water partition coefficient (Wildman–Crippen LogP) is 2.37. The van der Waals surface area contributed by atoms with Crippen molar-refractivity contribution in [2.75, 3.05) is 26.1 Å². The maximum absolute atomic E-state index is 13.7. The minimum absolute atomic E-state index is 0.111. The zero-order valence-electron chi connectivity index (χ0n) is 22.5. The second kappa shape index (κ2) is 11.0. The van der Waals surface area contributed by atoms with Gasteiger partial charge in [-0.2, -0.15) is 9.97 Å². The third-order valence-corrected chi connectivity index (χ3v) is 8.14. The van der Waals surface area contributed by atoms with Gasteiger partial charge >= 0.3 is 0 Å². The molecular formula is C25H28N8O6S. The molecule has 0 saturated carbocycles. The van der Waals surface area contributed by atoms with E-state index in [4.69, 9.17) is 18.9 Å². The van der Waals surface area contributed by atoms with Crippen molar-refractivity contribution < 1.29 is 27.4 Å². The summed E-state index contributed by atoms with van der Waals surface area (Å²) >= 11 is 0. The van der Waals surface area contributed by atoms with Gasteiger partial charge in [-0.05, 0) is 31.0 Å². The fourth-order valence-corrected chi connectivity index (χ4v) is 5.53. The minimum atomic E-state index is -4.16. The Morgan fingerprint density at radius 2 is 1.70 bits per heavy atom. The van der Waals surface area contributed by atoms with E-state index in [0.717, 1.165) is 11.1 Å². The number of hydrogen-bond donors (Lipinski definition) is 1. The number of benzene rings is 1. The van der Waals surface area contributed by atoms with Crippen molar-refractivity contribution in [2.45, 2.75) is 37.7 Å². The monoisotopic (exact) mass is 568 g/mol. The molecule has 0 bridgehead atoms. The number of fused-ring (bicyclic) bond motifs is 1. The Hall–Kier alpha value is -4.37. The summed E-state index contributed by atoms with van der Waals surface area (Å²) in [5.74, 6) is 1.29. The number of methoxy groups -OCH3 is 3. The molecule has 0 unspecified atom stereocenters. The highest BCUT2D eigenvalue weighted by Gasteiger charge is 2.37. The van der Waals surface area contributed by atoms with Crippen LogP contribution >= 0.6 is 0 Å². The number of aryl methyl sites for hydroxylation is 1. The maximum Gasteiger partial charge on any atom is 0.245 e. The first-order chi connectivity index (χ1) is 19.3. The summed E-state index contributed by atoms with van der Waals surface area (Å²) in [6.45, 7) is 3.32. The highest BCUT2D eigenvalue weighted by Crippen LogP contribution is 2.40. The van der Waals surface area contributed by atoms with E-state index in [1.54, 1.807) is 12.4 Å². The molecule has 4 heterocycles.